The fraction of sp³-hybridized carbons (Fsp3) is 0.200. The second-order valence-electron chi connectivity index (χ2n) is 6.68. The smallest absolute Gasteiger partial charge is 0.422 e. The zero-order valence-corrected chi connectivity index (χ0v) is 15.3. The van der Waals surface area contributed by atoms with Crippen LogP contribution < -0.4 is 15.4 Å². The summed E-state index contributed by atoms with van der Waals surface area (Å²) in [5, 5.41) is 13.2. The van der Waals surface area contributed by atoms with E-state index in [4.69, 9.17) is 4.74 Å². The third kappa shape index (κ3) is 3.89. The number of aryl methyl sites for hydroxylation is 1. The van der Waals surface area contributed by atoms with E-state index in [9.17, 15) is 18.0 Å². The fourth-order valence-electron chi connectivity index (χ4n) is 3.22. The van der Waals surface area contributed by atoms with Crippen LogP contribution in [-0.4, -0.2) is 28.9 Å². The number of fused-ring (bicyclic) bond motifs is 1. The molecule has 3 aromatic rings. The van der Waals surface area contributed by atoms with Gasteiger partial charge in [-0.25, -0.2) is 0 Å². The van der Waals surface area contributed by atoms with Gasteiger partial charge in [0.2, 0.25) is 0 Å². The summed E-state index contributed by atoms with van der Waals surface area (Å²) >= 11 is 0. The van der Waals surface area contributed by atoms with Crippen LogP contribution in [0.5, 0.6) is 5.75 Å². The standard InChI is InChI=1S/C20H17F3N4O2/c1-11-3-2-4-14-16(11)25-18(26-19(14)28)15-9-24-27-17(15)12-5-7-13(8-6-12)29-10-20(21,22)23/h2-9,18,25H,10H2,1H3,(H,24,27)(H,26,28). The van der Waals surface area contributed by atoms with Crippen molar-refractivity contribution in [2.75, 3.05) is 11.9 Å². The lowest BCUT2D eigenvalue weighted by Gasteiger charge is -2.29. The van der Waals surface area contributed by atoms with Crippen molar-refractivity contribution in [1.29, 1.82) is 0 Å². The van der Waals surface area contributed by atoms with E-state index in [-0.39, 0.29) is 11.7 Å². The number of benzene rings is 2. The number of alkyl halides is 3. The van der Waals surface area contributed by atoms with Gasteiger partial charge < -0.3 is 15.4 Å². The minimum absolute atomic E-state index is 0.112. The van der Waals surface area contributed by atoms with E-state index in [0.717, 1.165) is 11.3 Å². The van der Waals surface area contributed by atoms with Gasteiger partial charge in [-0.3, -0.25) is 9.89 Å². The lowest BCUT2D eigenvalue weighted by atomic mass is 10.0. The van der Waals surface area contributed by atoms with Crippen LogP contribution in [0, 0.1) is 6.92 Å². The highest BCUT2D eigenvalue weighted by molar-refractivity contribution is 6.02. The van der Waals surface area contributed by atoms with E-state index in [1.165, 1.54) is 12.1 Å². The summed E-state index contributed by atoms with van der Waals surface area (Å²) in [6.45, 7) is 0.565. The van der Waals surface area contributed by atoms with Gasteiger partial charge >= 0.3 is 6.18 Å². The summed E-state index contributed by atoms with van der Waals surface area (Å²) in [4.78, 5) is 12.5. The highest BCUT2D eigenvalue weighted by atomic mass is 19.4. The van der Waals surface area contributed by atoms with Gasteiger partial charge in [0, 0.05) is 11.1 Å². The number of anilines is 1. The van der Waals surface area contributed by atoms with Crippen LogP contribution in [-0.2, 0) is 0 Å². The topological polar surface area (TPSA) is 79.0 Å². The van der Waals surface area contributed by atoms with Gasteiger partial charge in [-0.1, -0.05) is 12.1 Å². The Morgan fingerprint density at radius 2 is 1.86 bits per heavy atom. The number of aromatic nitrogens is 2. The third-order valence-electron chi connectivity index (χ3n) is 4.61. The van der Waals surface area contributed by atoms with E-state index >= 15 is 0 Å². The number of carbonyl (C=O) groups is 1. The summed E-state index contributed by atoms with van der Waals surface area (Å²) in [6.07, 6.45) is -3.30. The molecular formula is C20H17F3N4O2. The normalized spacial score (nSPS) is 16.0. The Morgan fingerprint density at radius 1 is 1.10 bits per heavy atom. The Morgan fingerprint density at radius 3 is 2.59 bits per heavy atom. The average molecular weight is 402 g/mol. The molecule has 2 aromatic carbocycles. The molecule has 1 amide bonds. The minimum atomic E-state index is -4.39. The molecule has 0 saturated heterocycles. The molecule has 0 saturated carbocycles. The highest BCUT2D eigenvalue weighted by Gasteiger charge is 2.29. The first-order valence-corrected chi connectivity index (χ1v) is 8.82. The number of H-pyrrole nitrogens is 1. The van der Waals surface area contributed by atoms with Crippen LogP contribution in [0.15, 0.2) is 48.7 Å². The SMILES string of the molecule is Cc1cccc2c1NC(c1cn[nH]c1-c1ccc(OCC(F)(F)F)cc1)NC2=O. The first-order chi connectivity index (χ1) is 13.8. The maximum Gasteiger partial charge on any atom is 0.422 e. The van der Waals surface area contributed by atoms with Crippen molar-refractivity contribution in [3.05, 3.63) is 65.4 Å². The zero-order chi connectivity index (χ0) is 20.6. The molecule has 9 heteroatoms. The van der Waals surface area contributed by atoms with Crippen molar-refractivity contribution in [3.8, 4) is 17.0 Å². The number of amides is 1. The van der Waals surface area contributed by atoms with E-state index < -0.39 is 18.9 Å². The molecule has 0 spiro atoms. The Bertz CT molecular complexity index is 1040. The molecule has 0 fully saturated rings. The van der Waals surface area contributed by atoms with Crippen LogP contribution in [0.3, 0.4) is 0 Å². The predicted octanol–water partition coefficient (Wildman–Crippen LogP) is 4.18. The molecule has 150 valence electrons. The van der Waals surface area contributed by atoms with Crippen LogP contribution in [0.25, 0.3) is 11.3 Å². The van der Waals surface area contributed by atoms with Gasteiger partial charge in [0.15, 0.2) is 6.61 Å². The number of ether oxygens (including phenoxy) is 1. The van der Waals surface area contributed by atoms with E-state index in [1.54, 1.807) is 24.4 Å². The average Bonchev–Trinajstić information content (AvgIpc) is 3.17. The van der Waals surface area contributed by atoms with Crippen molar-refractivity contribution in [2.24, 2.45) is 0 Å². The number of carbonyl (C=O) groups excluding carboxylic acids is 1. The van der Waals surface area contributed by atoms with Crippen molar-refractivity contribution >= 4 is 11.6 Å². The molecule has 0 bridgehead atoms. The first kappa shape index (κ1) is 18.9. The molecule has 1 aliphatic rings. The van der Waals surface area contributed by atoms with Gasteiger partial charge in [0.05, 0.1) is 23.1 Å². The van der Waals surface area contributed by atoms with E-state index in [2.05, 4.69) is 20.8 Å². The highest BCUT2D eigenvalue weighted by Crippen LogP contribution is 2.33. The number of hydrogen-bond acceptors (Lipinski definition) is 4. The largest absolute Gasteiger partial charge is 0.484 e. The molecule has 0 radical (unpaired) electrons. The third-order valence-corrected chi connectivity index (χ3v) is 4.61. The van der Waals surface area contributed by atoms with E-state index in [1.807, 2.05) is 19.1 Å². The van der Waals surface area contributed by atoms with Crippen LogP contribution in [0.2, 0.25) is 0 Å². The predicted molar refractivity (Wildman–Crippen MR) is 101 cm³/mol. The van der Waals surface area contributed by atoms with Gasteiger partial charge in [0.25, 0.3) is 5.91 Å². The number of para-hydroxylation sites is 1. The summed E-state index contributed by atoms with van der Waals surface area (Å²) < 4.78 is 41.6. The molecule has 1 aromatic heterocycles. The number of aromatic amines is 1. The van der Waals surface area contributed by atoms with Crippen LogP contribution in [0.1, 0.15) is 27.7 Å². The maximum atomic E-state index is 12.5. The molecule has 29 heavy (non-hydrogen) atoms. The second kappa shape index (κ2) is 7.16. The number of rotatable bonds is 4. The number of hydrogen-bond donors (Lipinski definition) is 3. The summed E-state index contributed by atoms with van der Waals surface area (Å²) in [5.74, 6) is -0.0868. The fourth-order valence-corrected chi connectivity index (χ4v) is 3.22. The molecule has 6 nitrogen and oxygen atoms in total. The van der Waals surface area contributed by atoms with E-state index in [0.29, 0.717) is 22.4 Å². The van der Waals surface area contributed by atoms with Crippen molar-refractivity contribution in [1.82, 2.24) is 15.5 Å². The van der Waals surface area contributed by atoms with Crippen LogP contribution in [0.4, 0.5) is 18.9 Å². The minimum Gasteiger partial charge on any atom is -0.484 e. The molecule has 0 aliphatic carbocycles. The molecule has 4 rings (SSSR count). The Balaban J connectivity index is 1.58. The summed E-state index contributed by atoms with van der Waals surface area (Å²) in [7, 11) is 0. The van der Waals surface area contributed by atoms with Gasteiger partial charge in [-0.2, -0.15) is 18.3 Å². The first-order valence-electron chi connectivity index (χ1n) is 8.82. The molecule has 1 unspecified atom stereocenters. The number of nitrogens with one attached hydrogen (secondary N) is 3. The Labute approximate surface area is 164 Å². The molecule has 1 atom stereocenters. The Hall–Kier alpha value is -3.49. The molecule has 1 aliphatic heterocycles. The van der Waals surface area contributed by atoms with Gasteiger partial charge in [-0.15, -0.1) is 0 Å². The summed E-state index contributed by atoms with van der Waals surface area (Å²) in [5.41, 5.74) is 4.31. The van der Waals surface area contributed by atoms with Crippen LogP contribution >= 0.6 is 0 Å². The van der Waals surface area contributed by atoms with Crippen molar-refractivity contribution < 1.29 is 22.7 Å². The number of halogens is 3. The lowest BCUT2D eigenvalue weighted by Crippen LogP contribution is -2.38. The van der Waals surface area contributed by atoms with Crippen molar-refractivity contribution in [2.45, 2.75) is 19.3 Å². The second-order valence-corrected chi connectivity index (χ2v) is 6.68. The van der Waals surface area contributed by atoms with Crippen molar-refractivity contribution in [3.63, 3.8) is 0 Å². The summed E-state index contributed by atoms with van der Waals surface area (Å²) in [6, 6.07) is 11.7. The molecular weight excluding hydrogens is 385 g/mol. The Kier molecular flexibility index (Phi) is 4.65. The lowest BCUT2D eigenvalue weighted by molar-refractivity contribution is -0.153. The quantitative estimate of drug-likeness (QED) is 0.612. The monoisotopic (exact) mass is 402 g/mol. The maximum absolute atomic E-state index is 12.5. The number of nitrogens with zero attached hydrogens (tertiary/aromatic N) is 1. The molecule has 3 N–H and O–H groups in total. The zero-order valence-electron chi connectivity index (χ0n) is 15.3. The molecule has 2 heterocycles. The van der Waals surface area contributed by atoms with Gasteiger partial charge in [0.1, 0.15) is 11.9 Å². The van der Waals surface area contributed by atoms with Gasteiger partial charge in [-0.05, 0) is 42.8 Å².